The van der Waals surface area contributed by atoms with Crippen LogP contribution in [-0.2, 0) is 11.3 Å². The molecule has 114 valence electrons. The van der Waals surface area contributed by atoms with Crippen molar-refractivity contribution in [3.63, 3.8) is 0 Å². The standard InChI is InChI=1S/C17H18N2O3/c20-16(21)9-8-15(17(22)14-6-2-1-3-7-14)19-12-13-5-4-10-18-11-13/h1-7,10-11,15,19H,8-9,12H2,(H,20,21). The van der Waals surface area contributed by atoms with Crippen LogP contribution in [-0.4, -0.2) is 27.9 Å². The lowest BCUT2D eigenvalue weighted by atomic mass is 10.00. The summed E-state index contributed by atoms with van der Waals surface area (Å²) < 4.78 is 0. The summed E-state index contributed by atoms with van der Waals surface area (Å²) in [5.41, 5.74) is 1.53. The molecule has 0 saturated carbocycles. The van der Waals surface area contributed by atoms with Crippen LogP contribution in [0.4, 0.5) is 0 Å². The van der Waals surface area contributed by atoms with Gasteiger partial charge in [-0.2, -0.15) is 0 Å². The molecule has 2 N–H and O–H groups in total. The first-order valence-corrected chi connectivity index (χ1v) is 7.10. The molecule has 5 heteroatoms. The summed E-state index contributed by atoms with van der Waals surface area (Å²) in [6.07, 6.45) is 3.60. The second-order valence-electron chi connectivity index (χ2n) is 4.96. The van der Waals surface area contributed by atoms with Gasteiger partial charge in [-0.1, -0.05) is 36.4 Å². The van der Waals surface area contributed by atoms with Crippen molar-refractivity contribution in [2.45, 2.75) is 25.4 Å². The van der Waals surface area contributed by atoms with Gasteiger partial charge >= 0.3 is 5.97 Å². The Bertz CT molecular complexity index is 614. The highest BCUT2D eigenvalue weighted by Gasteiger charge is 2.20. The van der Waals surface area contributed by atoms with Gasteiger partial charge in [-0.3, -0.25) is 14.6 Å². The van der Waals surface area contributed by atoms with Gasteiger partial charge in [-0.05, 0) is 18.1 Å². The Morgan fingerprint density at radius 3 is 2.55 bits per heavy atom. The number of nitrogens with one attached hydrogen (secondary N) is 1. The molecule has 22 heavy (non-hydrogen) atoms. The number of pyridine rings is 1. The van der Waals surface area contributed by atoms with Crippen molar-refractivity contribution in [2.24, 2.45) is 0 Å². The normalized spacial score (nSPS) is 11.8. The minimum atomic E-state index is -0.908. The first kappa shape index (κ1) is 15.9. The predicted molar refractivity (Wildman–Crippen MR) is 82.5 cm³/mol. The van der Waals surface area contributed by atoms with Crippen molar-refractivity contribution < 1.29 is 14.7 Å². The molecule has 0 amide bonds. The van der Waals surface area contributed by atoms with Crippen LogP contribution in [0.3, 0.4) is 0 Å². The molecular formula is C17H18N2O3. The number of rotatable bonds is 8. The molecule has 0 spiro atoms. The summed E-state index contributed by atoms with van der Waals surface area (Å²) in [6, 6.07) is 12.1. The van der Waals surface area contributed by atoms with Crippen LogP contribution >= 0.6 is 0 Å². The second kappa shape index (κ2) is 8.05. The Balaban J connectivity index is 2.05. The molecule has 0 saturated heterocycles. The smallest absolute Gasteiger partial charge is 0.303 e. The zero-order chi connectivity index (χ0) is 15.8. The molecule has 0 aliphatic carbocycles. The van der Waals surface area contributed by atoms with E-state index in [0.29, 0.717) is 12.1 Å². The number of benzene rings is 1. The van der Waals surface area contributed by atoms with Crippen LogP contribution in [0, 0.1) is 0 Å². The van der Waals surface area contributed by atoms with Crippen molar-refractivity contribution in [1.82, 2.24) is 10.3 Å². The van der Waals surface area contributed by atoms with E-state index in [1.54, 1.807) is 36.7 Å². The lowest BCUT2D eigenvalue weighted by Gasteiger charge is -2.17. The maximum Gasteiger partial charge on any atom is 0.303 e. The molecule has 0 fully saturated rings. The minimum Gasteiger partial charge on any atom is -0.481 e. The summed E-state index contributed by atoms with van der Waals surface area (Å²) in [7, 11) is 0. The van der Waals surface area contributed by atoms with E-state index in [4.69, 9.17) is 5.11 Å². The highest BCUT2D eigenvalue weighted by Crippen LogP contribution is 2.09. The first-order chi connectivity index (χ1) is 10.7. The SMILES string of the molecule is O=C(O)CCC(NCc1cccnc1)C(=O)c1ccccc1. The molecule has 2 rings (SSSR count). The molecule has 1 atom stereocenters. The molecule has 1 unspecified atom stereocenters. The highest BCUT2D eigenvalue weighted by atomic mass is 16.4. The molecule has 0 radical (unpaired) electrons. The van der Waals surface area contributed by atoms with Crippen LogP contribution in [0.2, 0.25) is 0 Å². The fourth-order valence-electron chi connectivity index (χ4n) is 2.14. The lowest BCUT2D eigenvalue weighted by Crippen LogP contribution is -2.37. The fraction of sp³-hybridized carbons (Fsp3) is 0.235. The zero-order valence-corrected chi connectivity index (χ0v) is 12.1. The number of nitrogens with zero attached hydrogens (tertiary/aromatic N) is 1. The Morgan fingerprint density at radius 1 is 1.14 bits per heavy atom. The van der Waals surface area contributed by atoms with Gasteiger partial charge in [0, 0.05) is 30.9 Å². The Labute approximate surface area is 129 Å². The van der Waals surface area contributed by atoms with Crippen molar-refractivity contribution in [1.29, 1.82) is 0 Å². The topological polar surface area (TPSA) is 79.3 Å². The van der Waals surface area contributed by atoms with Gasteiger partial charge in [0.15, 0.2) is 5.78 Å². The van der Waals surface area contributed by atoms with Crippen molar-refractivity contribution in [3.05, 3.63) is 66.0 Å². The minimum absolute atomic E-state index is 0.0523. The van der Waals surface area contributed by atoms with E-state index < -0.39 is 12.0 Å². The molecular weight excluding hydrogens is 280 g/mol. The van der Waals surface area contributed by atoms with Crippen molar-refractivity contribution >= 4 is 11.8 Å². The van der Waals surface area contributed by atoms with Gasteiger partial charge in [-0.25, -0.2) is 0 Å². The quantitative estimate of drug-likeness (QED) is 0.731. The number of carboxylic acids is 1. The number of ketones is 1. The lowest BCUT2D eigenvalue weighted by molar-refractivity contribution is -0.137. The van der Waals surface area contributed by atoms with Crippen LogP contribution in [0.1, 0.15) is 28.8 Å². The van der Waals surface area contributed by atoms with Crippen LogP contribution < -0.4 is 5.32 Å². The van der Waals surface area contributed by atoms with Gasteiger partial charge in [0.2, 0.25) is 0 Å². The van der Waals surface area contributed by atoms with Crippen molar-refractivity contribution in [2.75, 3.05) is 0 Å². The van der Waals surface area contributed by atoms with E-state index in [-0.39, 0.29) is 18.6 Å². The third-order valence-electron chi connectivity index (χ3n) is 3.30. The predicted octanol–water partition coefficient (Wildman–Crippen LogP) is 2.29. The molecule has 1 aromatic heterocycles. The largest absolute Gasteiger partial charge is 0.481 e. The summed E-state index contributed by atoms with van der Waals surface area (Å²) >= 11 is 0. The molecule has 0 bridgehead atoms. The molecule has 5 nitrogen and oxygen atoms in total. The second-order valence-corrected chi connectivity index (χ2v) is 4.96. The number of hydrogen-bond donors (Lipinski definition) is 2. The summed E-state index contributed by atoms with van der Waals surface area (Å²) in [5, 5.41) is 12.0. The van der Waals surface area contributed by atoms with E-state index in [9.17, 15) is 9.59 Å². The number of carboxylic acid groups (broad SMARTS) is 1. The summed E-state index contributed by atoms with van der Waals surface area (Å²) in [6.45, 7) is 0.469. The maximum atomic E-state index is 12.5. The number of aliphatic carboxylic acids is 1. The van der Waals surface area contributed by atoms with E-state index >= 15 is 0 Å². The number of aromatic nitrogens is 1. The Hall–Kier alpha value is -2.53. The monoisotopic (exact) mass is 298 g/mol. The number of Topliss-reactive ketones (excluding diaryl/α,β-unsaturated/α-hetero) is 1. The van der Waals surface area contributed by atoms with E-state index in [1.807, 2.05) is 18.2 Å². The average molecular weight is 298 g/mol. The van der Waals surface area contributed by atoms with Gasteiger partial charge in [0.1, 0.15) is 0 Å². The van der Waals surface area contributed by atoms with E-state index in [2.05, 4.69) is 10.3 Å². The number of hydrogen-bond acceptors (Lipinski definition) is 4. The molecule has 1 heterocycles. The van der Waals surface area contributed by atoms with Gasteiger partial charge in [0.25, 0.3) is 0 Å². The third kappa shape index (κ3) is 4.79. The molecule has 0 aliphatic heterocycles. The Kier molecular flexibility index (Phi) is 5.80. The van der Waals surface area contributed by atoms with Crippen LogP contribution in [0.15, 0.2) is 54.9 Å². The number of carbonyl (C=O) groups is 2. The highest BCUT2D eigenvalue weighted by molar-refractivity contribution is 6.00. The van der Waals surface area contributed by atoms with Gasteiger partial charge < -0.3 is 10.4 Å². The maximum absolute atomic E-state index is 12.5. The average Bonchev–Trinajstić information content (AvgIpc) is 2.56. The third-order valence-corrected chi connectivity index (χ3v) is 3.30. The van der Waals surface area contributed by atoms with Gasteiger partial charge in [0.05, 0.1) is 6.04 Å². The fourth-order valence-corrected chi connectivity index (χ4v) is 2.14. The molecule has 0 aliphatic rings. The molecule has 1 aromatic carbocycles. The zero-order valence-electron chi connectivity index (χ0n) is 12.1. The summed E-state index contributed by atoms with van der Waals surface area (Å²) in [4.78, 5) is 27.3. The van der Waals surface area contributed by atoms with E-state index in [1.165, 1.54) is 0 Å². The van der Waals surface area contributed by atoms with Crippen LogP contribution in [0.25, 0.3) is 0 Å². The van der Waals surface area contributed by atoms with E-state index in [0.717, 1.165) is 5.56 Å². The molecule has 2 aromatic rings. The number of carbonyl (C=O) groups excluding carboxylic acids is 1. The Morgan fingerprint density at radius 2 is 1.91 bits per heavy atom. The summed E-state index contributed by atoms with van der Waals surface area (Å²) in [5.74, 6) is -1.00. The van der Waals surface area contributed by atoms with Gasteiger partial charge in [-0.15, -0.1) is 0 Å². The first-order valence-electron chi connectivity index (χ1n) is 7.10. The van der Waals surface area contributed by atoms with Crippen molar-refractivity contribution in [3.8, 4) is 0 Å². The van der Waals surface area contributed by atoms with Crippen LogP contribution in [0.5, 0.6) is 0 Å².